The van der Waals surface area contributed by atoms with Gasteiger partial charge in [-0.15, -0.1) is 12.8 Å². The number of terminal acetylenes is 2. The van der Waals surface area contributed by atoms with E-state index >= 15 is 0 Å². The van der Waals surface area contributed by atoms with Gasteiger partial charge in [0.2, 0.25) is 11.8 Å². The number of carbonyl (C=O) groups is 5. The fourth-order valence-corrected chi connectivity index (χ4v) is 9.53. The number of piperazine rings is 2. The third-order valence-corrected chi connectivity index (χ3v) is 13.4. The fraction of sp³-hybridized carbons (Fsp3) is 0.286. The van der Waals surface area contributed by atoms with E-state index in [4.69, 9.17) is 17.6 Å². The Kier molecular flexibility index (Phi) is 19.2. The fourth-order valence-electron chi connectivity index (χ4n) is 9.53. The second-order valence-corrected chi connectivity index (χ2v) is 19.6. The van der Waals surface area contributed by atoms with E-state index in [-0.39, 0.29) is 61.9 Å². The number of rotatable bonds is 14. The molecule has 75 heavy (non-hydrogen) atoms. The van der Waals surface area contributed by atoms with E-state index in [9.17, 15) is 24.0 Å². The summed E-state index contributed by atoms with van der Waals surface area (Å²) in [6.07, 6.45) is 10.6. The first-order valence-electron chi connectivity index (χ1n) is 25.4. The summed E-state index contributed by atoms with van der Waals surface area (Å²) in [5, 5.41) is 3.48. The number of ether oxygens (including phenoxy) is 1. The maximum absolute atomic E-state index is 13.7. The second kappa shape index (κ2) is 26.5. The highest BCUT2D eigenvalue weighted by Gasteiger charge is 2.37. The van der Waals surface area contributed by atoms with Gasteiger partial charge in [0.05, 0.1) is 6.04 Å². The van der Waals surface area contributed by atoms with E-state index < -0.39 is 23.5 Å². The van der Waals surface area contributed by atoms with Crippen molar-refractivity contribution in [3.63, 3.8) is 0 Å². The minimum Gasteiger partial charge on any atom is -0.444 e. The highest BCUT2D eigenvalue weighted by Crippen LogP contribution is 2.30. The van der Waals surface area contributed by atoms with Gasteiger partial charge in [-0.05, 0) is 66.0 Å². The molecule has 2 fully saturated rings. The monoisotopic (exact) mass is 1000 g/mol. The Morgan fingerprint density at radius 2 is 0.920 bits per heavy atom. The van der Waals surface area contributed by atoms with Gasteiger partial charge in [-0.2, -0.15) is 0 Å². The highest BCUT2D eigenvalue weighted by molar-refractivity contribution is 5.96. The highest BCUT2D eigenvalue weighted by atomic mass is 16.6. The van der Waals surface area contributed by atoms with Crippen LogP contribution in [0.1, 0.15) is 78.1 Å². The van der Waals surface area contributed by atoms with Crippen molar-refractivity contribution in [2.75, 3.05) is 65.4 Å². The van der Waals surface area contributed by atoms with Crippen LogP contribution in [0.2, 0.25) is 0 Å². The van der Waals surface area contributed by atoms with Gasteiger partial charge < -0.3 is 29.7 Å². The van der Waals surface area contributed by atoms with E-state index in [1.165, 1.54) is 9.80 Å². The van der Waals surface area contributed by atoms with Crippen LogP contribution in [0.3, 0.4) is 0 Å². The van der Waals surface area contributed by atoms with Crippen molar-refractivity contribution in [3.8, 4) is 24.7 Å². The Labute approximate surface area is 442 Å². The number of nitrogens with zero attached hydrogens (tertiary/aromatic N) is 5. The zero-order valence-electron chi connectivity index (χ0n) is 43.0. The van der Waals surface area contributed by atoms with Crippen LogP contribution in [-0.2, 0) is 23.9 Å². The van der Waals surface area contributed by atoms with E-state index in [1.807, 2.05) is 196 Å². The standard InChI is InChI=1S/C34H37N3O4.C29H29N3O2/c1-5-31(38)36(23-29(26-15-9-6-10-16-26)27-17-11-7-12-18-27)25-32(39)35-21-22-37(33(40)41-34(2,3)4)30(24-35)28-19-13-8-14-20-28;1-2-28(33)32(20-26(23-12-6-3-7-13-23)24-14-8-4-9-15-24)22-29(34)31-19-18-30-27(21-31)25-16-10-5-11-17-25/h1,6-20,29-30H,21-25H2,2-4H3;1,3-17,26-27,30H,18-22H2. The molecule has 2 saturated heterocycles. The third-order valence-electron chi connectivity index (χ3n) is 13.4. The molecule has 0 aliphatic carbocycles. The van der Waals surface area contributed by atoms with Gasteiger partial charge in [-0.1, -0.05) is 182 Å². The Hall–Kier alpha value is -8.45. The number of amides is 5. The van der Waals surface area contributed by atoms with E-state index in [0.29, 0.717) is 39.3 Å². The average Bonchev–Trinajstić information content (AvgIpc) is 3.45. The molecule has 12 heteroatoms. The molecule has 1 N–H and O–H groups in total. The molecular formula is C63H66N6O6. The van der Waals surface area contributed by atoms with Gasteiger partial charge in [0.15, 0.2) is 0 Å². The molecule has 0 spiro atoms. The maximum atomic E-state index is 13.7. The first kappa shape index (κ1) is 54.3. The molecule has 2 unspecified atom stereocenters. The summed E-state index contributed by atoms with van der Waals surface area (Å²) in [6.45, 7) is 8.63. The molecule has 12 nitrogen and oxygen atoms in total. The van der Waals surface area contributed by atoms with Gasteiger partial charge in [0, 0.05) is 70.2 Å². The topological polar surface area (TPSA) is 123 Å². The van der Waals surface area contributed by atoms with Crippen LogP contribution < -0.4 is 5.32 Å². The number of hydrogen-bond acceptors (Lipinski definition) is 7. The molecule has 6 aromatic rings. The van der Waals surface area contributed by atoms with Crippen molar-refractivity contribution >= 4 is 29.7 Å². The van der Waals surface area contributed by atoms with Crippen LogP contribution in [0.4, 0.5) is 4.79 Å². The quantitative estimate of drug-likeness (QED) is 0.109. The normalized spacial score (nSPS) is 15.4. The number of hydrogen-bond donors (Lipinski definition) is 1. The molecule has 8 rings (SSSR count). The van der Waals surface area contributed by atoms with Gasteiger partial charge >= 0.3 is 6.09 Å². The Morgan fingerprint density at radius 3 is 1.31 bits per heavy atom. The zero-order chi connectivity index (χ0) is 53.2. The van der Waals surface area contributed by atoms with Crippen LogP contribution in [0, 0.1) is 24.7 Å². The van der Waals surface area contributed by atoms with Crippen molar-refractivity contribution in [1.82, 2.24) is 29.8 Å². The summed E-state index contributed by atoms with van der Waals surface area (Å²) in [5.41, 5.74) is 5.59. The minimum absolute atomic E-state index is 0.0410. The molecule has 384 valence electrons. The van der Waals surface area contributed by atoms with Gasteiger partial charge in [-0.3, -0.25) is 24.1 Å². The molecule has 6 aromatic carbocycles. The van der Waals surface area contributed by atoms with Gasteiger partial charge in [0.25, 0.3) is 11.8 Å². The number of nitrogens with one attached hydrogen (secondary N) is 1. The van der Waals surface area contributed by atoms with E-state index in [2.05, 4.69) is 29.3 Å². The van der Waals surface area contributed by atoms with Crippen molar-refractivity contribution in [1.29, 1.82) is 0 Å². The Bertz CT molecular complexity index is 2810. The first-order valence-corrected chi connectivity index (χ1v) is 25.4. The summed E-state index contributed by atoms with van der Waals surface area (Å²) < 4.78 is 5.67. The maximum Gasteiger partial charge on any atom is 0.410 e. The van der Waals surface area contributed by atoms with Crippen molar-refractivity contribution in [2.45, 2.75) is 50.3 Å². The lowest BCUT2D eigenvalue weighted by molar-refractivity contribution is -0.140. The van der Waals surface area contributed by atoms with Crippen LogP contribution in [-0.4, -0.2) is 125 Å². The van der Waals surface area contributed by atoms with Crippen molar-refractivity contribution in [3.05, 3.63) is 215 Å². The lowest BCUT2D eigenvalue weighted by Crippen LogP contribution is -2.55. The van der Waals surface area contributed by atoms with Crippen molar-refractivity contribution in [2.24, 2.45) is 0 Å². The molecule has 2 atom stereocenters. The third kappa shape index (κ3) is 15.3. The summed E-state index contributed by atoms with van der Waals surface area (Å²) in [4.78, 5) is 73.9. The second-order valence-electron chi connectivity index (χ2n) is 19.6. The zero-order valence-corrected chi connectivity index (χ0v) is 43.0. The van der Waals surface area contributed by atoms with Crippen molar-refractivity contribution < 1.29 is 28.7 Å². The average molecular weight is 1000 g/mol. The summed E-state index contributed by atoms with van der Waals surface area (Å²) in [6, 6.07) is 59.2. The molecule has 0 saturated carbocycles. The Morgan fingerprint density at radius 1 is 0.547 bits per heavy atom. The molecule has 2 heterocycles. The van der Waals surface area contributed by atoms with Gasteiger partial charge in [0.1, 0.15) is 18.7 Å². The summed E-state index contributed by atoms with van der Waals surface area (Å²) in [7, 11) is 0. The van der Waals surface area contributed by atoms with E-state index in [1.54, 1.807) is 9.80 Å². The van der Waals surface area contributed by atoms with Crippen LogP contribution in [0.25, 0.3) is 0 Å². The smallest absolute Gasteiger partial charge is 0.410 e. The van der Waals surface area contributed by atoms with Crippen LogP contribution >= 0.6 is 0 Å². The number of carbonyl (C=O) groups excluding carboxylic acids is 5. The molecule has 5 amide bonds. The lowest BCUT2D eigenvalue weighted by atomic mass is 9.90. The molecule has 0 radical (unpaired) electrons. The molecule has 2 aliphatic heterocycles. The predicted octanol–water partition coefficient (Wildman–Crippen LogP) is 8.55. The predicted molar refractivity (Wildman–Crippen MR) is 293 cm³/mol. The lowest BCUT2D eigenvalue weighted by Gasteiger charge is -2.42. The summed E-state index contributed by atoms with van der Waals surface area (Å²) in [5.74, 6) is 2.85. The molecule has 0 aromatic heterocycles. The Balaban J connectivity index is 0.000000222. The largest absolute Gasteiger partial charge is 0.444 e. The van der Waals surface area contributed by atoms with Crippen LogP contribution in [0.15, 0.2) is 182 Å². The first-order chi connectivity index (χ1) is 36.3. The SMILES string of the molecule is C#CC(=O)N(CC(=O)N1CCN(C(=O)OC(C)(C)C)C(c2ccccc2)C1)CC(c1ccccc1)c1ccccc1.C#CC(=O)N(CC(=O)N1CCNC(c2ccccc2)C1)CC(c1ccccc1)c1ccccc1. The number of benzene rings is 6. The molecule has 0 bridgehead atoms. The van der Waals surface area contributed by atoms with E-state index in [0.717, 1.165) is 33.4 Å². The van der Waals surface area contributed by atoms with Crippen LogP contribution in [0.5, 0.6) is 0 Å². The van der Waals surface area contributed by atoms with Gasteiger partial charge in [-0.25, -0.2) is 4.79 Å². The minimum atomic E-state index is -0.643. The molecular weight excluding hydrogens is 937 g/mol. The molecule has 2 aliphatic rings. The summed E-state index contributed by atoms with van der Waals surface area (Å²) >= 11 is 0.